The van der Waals surface area contributed by atoms with E-state index in [1.165, 1.54) is 10.4 Å². The van der Waals surface area contributed by atoms with Crippen LogP contribution in [0, 0.1) is 6.92 Å². The van der Waals surface area contributed by atoms with Gasteiger partial charge >= 0.3 is 0 Å². The van der Waals surface area contributed by atoms with E-state index >= 15 is 0 Å². The maximum absolute atomic E-state index is 4.31. The lowest BCUT2D eigenvalue weighted by atomic mass is 10.1. The molecule has 2 heterocycles. The molecule has 0 fully saturated rings. The second-order valence-electron chi connectivity index (χ2n) is 5.07. The molecule has 0 aliphatic carbocycles. The monoisotopic (exact) mass is 298 g/mol. The summed E-state index contributed by atoms with van der Waals surface area (Å²) in [6.45, 7) is 5.01. The van der Waals surface area contributed by atoms with E-state index < -0.39 is 0 Å². The van der Waals surface area contributed by atoms with Gasteiger partial charge in [-0.15, -0.1) is 11.3 Å². The Morgan fingerprint density at radius 1 is 1.33 bits per heavy atom. The third-order valence-corrected chi connectivity index (χ3v) is 4.50. The van der Waals surface area contributed by atoms with Crippen LogP contribution in [-0.4, -0.2) is 14.8 Å². The molecule has 0 saturated carbocycles. The lowest BCUT2D eigenvalue weighted by molar-refractivity contribution is 0.687. The van der Waals surface area contributed by atoms with Crippen LogP contribution in [0.1, 0.15) is 29.1 Å². The van der Waals surface area contributed by atoms with E-state index in [2.05, 4.69) is 53.5 Å². The average molecular weight is 298 g/mol. The van der Waals surface area contributed by atoms with E-state index in [1.807, 2.05) is 22.5 Å². The Labute approximate surface area is 128 Å². The Bertz CT molecular complexity index is 703. The molecule has 2 aromatic heterocycles. The highest BCUT2D eigenvalue weighted by Gasteiger charge is 2.10. The molecule has 3 rings (SSSR count). The summed E-state index contributed by atoms with van der Waals surface area (Å²) in [5.74, 6) is 0. The molecule has 0 bridgehead atoms. The fourth-order valence-corrected chi connectivity index (χ4v) is 3.19. The summed E-state index contributed by atoms with van der Waals surface area (Å²) in [6.07, 6.45) is 3.78. The first-order valence-corrected chi connectivity index (χ1v) is 7.83. The van der Waals surface area contributed by atoms with Crippen LogP contribution in [0.2, 0.25) is 0 Å². The molecule has 0 spiro atoms. The molecular weight excluding hydrogens is 280 g/mol. The zero-order valence-corrected chi connectivity index (χ0v) is 13.0. The highest BCUT2D eigenvalue weighted by molar-refractivity contribution is 7.09. The number of aryl methyl sites for hydroxylation is 1. The van der Waals surface area contributed by atoms with Gasteiger partial charge in [0.1, 0.15) is 0 Å². The van der Waals surface area contributed by atoms with Crippen LogP contribution in [0.3, 0.4) is 0 Å². The number of benzene rings is 1. The SMILES string of the molecule is Cc1ncsc1C(C)Nc1cccc(Cn2cccn2)c1. The molecule has 108 valence electrons. The zero-order valence-electron chi connectivity index (χ0n) is 12.2. The average Bonchev–Trinajstić information content (AvgIpc) is 3.10. The van der Waals surface area contributed by atoms with Crippen LogP contribution in [0.4, 0.5) is 5.69 Å². The van der Waals surface area contributed by atoms with Crippen molar-refractivity contribution < 1.29 is 0 Å². The summed E-state index contributed by atoms with van der Waals surface area (Å²) in [5, 5.41) is 7.79. The predicted octanol–water partition coefficient (Wildman–Crippen LogP) is 3.87. The molecular formula is C16H18N4S. The Morgan fingerprint density at radius 2 is 2.24 bits per heavy atom. The summed E-state index contributed by atoms with van der Waals surface area (Å²) in [7, 11) is 0. The summed E-state index contributed by atoms with van der Waals surface area (Å²) in [5.41, 5.74) is 5.36. The van der Waals surface area contributed by atoms with Gasteiger partial charge in [0.2, 0.25) is 0 Å². The van der Waals surface area contributed by atoms with Crippen LogP contribution in [-0.2, 0) is 6.54 Å². The van der Waals surface area contributed by atoms with Gasteiger partial charge < -0.3 is 5.32 Å². The van der Waals surface area contributed by atoms with Gasteiger partial charge in [0.05, 0.1) is 23.8 Å². The highest BCUT2D eigenvalue weighted by atomic mass is 32.1. The molecule has 0 radical (unpaired) electrons. The van der Waals surface area contributed by atoms with Crippen LogP contribution in [0.25, 0.3) is 0 Å². The highest BCUT2D eigenvalue weighted by Crippen LogP contribution is 2.25. The molecule has 0 aliphatic rings. The third kappa shape index (κ3) is 3.31. The van der Waals surface area contributed by atoms with Crippen molar-refractivity contribution in [2.45, 2.75) is 26.4 Å². The standard InChI is InChI=1S/C16H18N4S/c1-12-16(21-11-17-12)13(2)19-15-6-3-5-14(9-15)10-20-8-4-7-18-20/h3-9,11,13,19H,10H2,1-2H3. The molecule has 0 amide bonds. The second-order valence-corrected chi connectivity index (χ2v) is 5.96. The molecule has 1 aromatic carbocycles. The normalized spacial score (nSPS) is 12.3. The number of nitrogens with zero attached hydrogens (tertiary/aromatic N) is 3. The molecule has 0 aliphatic heterocycles. The van der Waals surface area contributed by atoms with Crippen molar-refractivity contribution in [1.82, 2.24) is 14.8 Å². The Hall–Kier alpha value is -2.14. The van der Waals surface area contributed by atoms with Gasteiger partial charge in [-0.1, -0.05) is 12.1 Å². The predicted molar refractivity (Wildman–Crippen MR) is 86.7 cm³/mol. The number of aromatic nitrogens is 3. The number of thiazole rings is 1. The Kier molecular flexibility index (Phi) is 4.01. The van der Waals surface area contributed by atoms with Gasteiger partial charge in [-0.3, -0.25) is 4.68 Å². The summed E-state index contributed by atoms with van der Waals surface area (Å²) >= 11 is 1.70. The minimum Gasteiger partial charge on any atom is -0.378 e. The Morgan fingerprint density at radius 3 is 2.95 bits per heavy atom. The van der Waals surface area contributed by atoms with E-state index in [1.54, 1.807) is 17.5 Å². The van der Waals surface area contributed by atoms with Gasteiger partial charge in [-0.05, 0) is 37.6 Å². The van der Waals surface area contributed by atoms with Gasteiger partial charge in [0.25, 0.3) is 0 Å². The van der Waals surface area contributed by atoms with E-state index in [9.17, 15) is 0 Å². The maximum Gasteiger partial charge on any atom is 0.0798 e. The smallest absolute Gasteiger partial charge is 0.0798 e. The van der Waals surface area contributed by atoms with Gasteiger partial charge in [0.15, 0.2) is 0 Å². The number of hydrogen-bond acceptors (Lipinski definition) is 4. The lowest BCUT2D eigenvalue weighted by Crippen LogP contribution is -2.07. The van der Waals surface area contributed by atoms with Crippen molar-refractivity contribution >= 4 is 17.0 Å². The van der Waals surface area contributed by atoms with Crippen molar-refractivity contribution in [3.05, 3.63) is 64.4 Å². The summed E-state index contributed by atoms with van der Waals surface area (Å²) in [6, 6.07) is 10.7. The number of anilines is 1. The van der Waals surface area contributed by atoms with Crippen LogP contribution in [0.15, 0.2) is 48.2 Å². The Balaban J connectivity index is 1.72. The molecule has 4 nitrogen and oxygen atoms in total. The topological polar surface area (TPSA) is 42.7 Å². The number of hydrogen-bond donors (Lipinski definition) is 1. The van der Waals surface area contributed by atoms with Gasteiger partial charge in [0, 0.05) is 23.0 Å². The van der Waals surface area contributed by atoms with Crippen molar-refractivity contribution in [3.8, 4) is 0 Å². The fraction of sp³-hybridized carbons (Fsp3) is 0.250. The van der Waals surface area contributed by atoms with Crippen molar-refractivity contribution in [3.63, 3.8) is 0 Å². The molecule has 3 aromatic rings. The van der Waals surface area contributed by atoms with Crippen LogP contribution < -0.4 is 5.32 Å². The molecule has 1 unspecified atom stereocenters. The molecule has 1 N–H and O–H groups in total. The van der Waals surface area contributed by atoms with Crippen molar-refractivity contribution in [1.29, 1.82) is 0 Å². The molecule has 1 atom stereocenters. The molecule has 21 heavy (non-hydrogen) atoms. The van der Waals surface area contributed by atoms with E-state index in [-0.39, 0.29) is 6.04 Å². The molecule has 0 saturated heterocycles. The van der Waals surface area contributed by atoms with Crippen molar-refractivity contribution in [2.75, 3.05) is 5.32 Å². The van der Waals surface area contributed by atoms with E-state index in [0.717, 1.165) is 17.9 Å². The van der Waals surface area contributed by atoms with Gasteiger partial charge in [-0.2, -0.15) is 5.10 Å². The van der Waals surface area contributed by atoms with Crippen LogP contribution >= 0.6 is 11.3 Å². The minimum atomic E-state index is 0.262. The van der Waals surface area contributed by atoms with Crippen LogP contribution in [0.5, 0.6) is 0 Å². The maximum atomic E-state index is 4.31. The largest absolute Gasteiger partial charge is 0.378 e. The van der Waals surface area contributed by atoms with E-state index in [4.69, 9.17) is 0 Å². The van der Waals surface area contributed by atoms with Crippen molar-refractivity contribution in [2.24, 2.45) is 0 Å². The first-order chi connectivity index (χ1) is 10.2. The van der Waals surface area contributed by atoms with E-state index in [0.29, 0.717) is 0 Å². The number of rotatable bonds is 5. The zero-order chi connectivity index (χ0) is 14.7. The summed E-state index contributed by atoms with van der Waals surface area (Å²) in [4.78, 5) is 5.60. The first-order valence-electron chi connectivity index (χ1n) is 6.95. The molecule has 5 heteroatoms. The summed E-state index contributed by atoms with van der Waals surface area (Å²) < 4.78 is 1.93. The quantitative estimate of drug-likeness (QED) is 0.777. The second kappa shape index (κ2) is 6.10. The lowest BCUT2D eigenvalue weighted by Gasteiger charge is -2.15. The van der Waals surface area contributed by atoms with Gasteiger partial charge in [-0.25, -0.2) is 4.98 Å². The third-order valence-electron chi connectivity index (χ3n) is 3.39. The number of nitrogens with one attached hydrogen (secondary N) is 1. The minimum absolute atomic E-state index is 0.262. The first kappa shape index (κ1) is 13.8. The fourth-order valence-electron chi connectivity index (χ4n) is 2.38.